The Labute approximate surface area is 91.4 Å². The van der Waals surface area contributed by atoms with E-state index in [1.165, 1.54) is 12.8 Å². The highest BCUT2D eigenvalue weighted by Gasteiger charge is 2.37. The molecule has 0 bridgehead atoms. The number of rotatable bonds is 2. The van der Waals surface area contributed by atoms with E-state index in [0.29, 0.717) is 6.04 Å². The third kappa shape index (κ3) is 2.49. The summed E-state index contributed by atoms with van der Waals surface area (Å²) in [6, 6.07) is 0.637. The summed E-state index contributed by atoms with van der Waals surface area (Å²) < 4.78 is 12.7. The minimum Gasteiger partial charge on any atom is -0.322 e. The molecule has 2 saturated heterocycles. The standard InChI is InChI=1S/C11H22FN3/c1-14-5-2-10(3-6-14)15-7-4-11(13,8-12)9-15/h10H,2-9,13H2,1H3. The quantitative estimate of drug-likeness (QED) is 0.726. The summed E-state index contributed by atoms with van der Waals surface area (Å²) in [5.41, 5.74) is 5.40. The molecule has 0 saturated carbocycles. The third-order valence-electron chi connectivity index (χ3n) is 3.89. The van der Waals surface area contributed by atoms with Crippen molar-refractivity contribution in [2.24, 2.45) is 5.73 Å². The zero-order valence-electron chi connectivity index (χ0n) is 9.58. The summed E-state index contributed by atoms with van der Waals surface area (Å²) >= 11 is 0. The van der Waals surface area contributed by atoms with Gasteiger partial charge in [-0.1, -0.05) is 0 Å². The number of nitrogens with two attached hydrogens (primary N) is 1. The van der Waals surface area contributed by atoms with Crippen molar-refractivity contribution in [3.05, 3.63) is 0 Å². The van der Waals surface area contributed by atoms with Crippen molar-refractivity contribution in [1.82, 2.24) is 9.80 Å². The molecular weight excluding hydrogens is 193 g/mol. The van der Waals surface area contributed by atoms with Crippen LogP contribution in [0.4, 0.5) is 4.39 Å². The fraction of sp³-hybridized carbons (Fsp3) is 1.00. The number of piperidine rings is 1. The topological polar surface area (TPSA) is 32.5 Å². The Kier molecular flexibility index (Phi) is 3.28. The van der Waals surface area contributed by atoms with Crippen molar-refractivity contribution in [3.8, 4) is 0 Å². The molecule has 2 aliphatic rings. The van der Waals surface area contributed by atoms with E-state index in [9.17, 15) is 4.39 Å². The lowest BCUT2D eigenvalue weighted by Gasteiger charge is -2.35. The molecule has 4 heteroatoms. The van der Waals surface area contributed by atoms with Crippen LogP contribution in [0.2, 0.25) is 0 Å². The van der Waals surface area contributed by atoms with Gasteiger partial charge in [-0.15, -0.1) is 0 Å². The van der Waals surface area contributed by atoms with E-state index in [1.54, 1.807) is 0 Å². The van der Waals surface area contributed by atoms with E-state index in [2.05, 4.69) is 16.8 Å². The molecule has 1 atom stereocenters. The van der Waals surface area contributed by atoms with Gasteiger partial charge in [-0.3, -0.25) is 4.90 Å². The molecule has 0 amide bonds. The van der Waals surface area contributed by atoms with Crippen LogP contribution in [-0.2, 0) is 0 Å². The summed E-state index contributed by atoms with van der Waals surface area (Å²) in [6.07, 6.45) is 3.23. The lowest BCUT2D eigenvalue weighted by Crippen LogP contribution is -2.48. The zero-order chi connectivity index (χ0) is 10.9. The highest BCUT2D eigenvalue weighted by Crippen LogP contribution is 2.25. The Hall–Kier alpha value is -0.190. The van der Waals surface area contributed by atoms with Gasteiger partial charge in [0, 0.05) is 19.1 Å². The minimum absolute atomic E-state index is 0.379. The van der Waals surface area contributed by atoms with E-state index in [1.807, 2.05) is 0 Å². The first-order valence-electron chi connectivity index (χ1n) is 5.90. The fourth-order valence-electron chi connectivity index (χ4n) is 2.71. The van der Waals surface area contributed by atoms with E-state index >= 15 is 0 Å². The van der Waals surface area contributed by atoms with Crippen LogP contribution in [0.3, 0.4) is 0 Å². The molecule has 15 heavy (non-hydrogen) atoms. The van der Waals surface area contributed by atoms with Gasteiger partial charge in [0.2, 0.25) is 0 Å². The fourth-order valence-corrected chi connectivity index (χ4v) is 2.71. The molecule has 0 aromatic heterocycles. The third-order valence-corrected chi connectivity index (χ3v) is 3.89. The molecule has 0 spiro atoms. The summed E-state index contributed by atoms with van der Waals surface area (Å²) in [6.45, 7) is 3.67. The first-order chi connectivity index (χ1) is 7.13. The second kappa shape index (κ2) is 4.36. The van der Waals surface area contributed by atoms with Gasteiger partial charge in [0.05, 0.1) is 5.54 Å². The number of nitrogens with zero attached hydrogens (tertiary/aromatic N) is 2. The van der Waals surface area contributed by atoms with Crippen LogP contribution in [0.1, 0.15) is 19.3 Å². The first-order valence-corrected chi connectivity index (χ1v) is 5.90. The molecule has 2 fully saturated rings. The van der Waals surface area contributed by atoms with Crippen LogP contribution >= 0.6 is 0 Å². The van der Waals surface area contributed by atoms with Crippen molar-refractivity contribution in [2.75, 3.05) is 39.9 Å². The van der Waals surface area contributed by atoms with E-state index in [0.717, 1.165) is 32.6 Å². The Bertz CT molecular complexity index is 216. The largest absolute Gasteiger partial charge is 0.322 e. The number of likely N-dealkylation sites (tertiary alicyclic amines) is 2. The normalized spacial score (nSPS) is 36.2. The summed E-state index contributed by atoms with van der Waals surface area (Å²) in [7, 11) is 2.16. The predicted molar refractivity (Wildman–Crippen MR) is 59.6 cm³/mol. The molecule has 2 aliphatic heterocycles. The highest BCUT2D eigenvalue weighted by molar-refractivity contribution is 4.97. The monoisotopic (exact) mass is 215 g/mol. The summed E-state index contributed by atoms with van der Waals surface area (Å²) in [5, 5.41) is 0. The van der Waals surface area contributed by atoms with Gasteiger partial charge in [0.1, 0.15) is 6.67 Å². The molecule has 88 valence electrons. The van der Waals surface area contributed by atoms with Gasteiger partial charge in [0.25, 0.3) is 0 Å². The lowest BCUT2D eigenvalue weighted by molar-refractivity contribution is 0.135. The van der Waals surface area contributed by atoms with Crippen LogP contribution in [-0.4, -0.2) is 61.3 Å². The van der Waals surface area contributed by atoms with Crippen LogP contribution in [0.15, 0.2) is 0 Å². The Morgan fingerprint density at radius 1 is 1.33 bits per heavy atom. The average Bonchev–Trinajstić information content (AvgIpc) is 2.63. The molecule has 0 aromatic rings. The maximum Gasteiger partial charge on any atom is 0.109 e. The second-order valence-corrected chi connectivity index (χ2v) is 5.25. The van der Waals surface area contributed by atoms with Crippen LogP contribution in [0, 0.1) is 0 Å². The van der Waals surface area contributed by atoms with Crippen molar-refractivity contribution >= 4 is 0 Å². The van der Waals surface area contributed by atoms with E-state index < -0.39 is 5.54 Å². The average molecular weight is 215 g/mol. The van der Waals surface area contributed by atoms with Gasteiger partial charge >= 0.3 is 0 Å². The van der Waals surface area contributed by atoms with Crippen molar-refractivity contribution in [1.29, 1.82) is 0 Å². The molecule has 2 rings (SSSR count). The first kappa shape index (κ1) is 11.3. The molecule has 2 N–H and O–H groups in total. The minimum atomic E-state index is -0.552. The Balaban J connectivity index is 1.86. The molecule has 1 unspecified atom stereocenters. The molecule has 0 radical (unpaired) electrons. The van der Waals surface area contributed by atoms with Gasteiger partial charge in [-0.25, -0.2) is 4.39 Å². The predicted octanol–water partition coefficient (Wildman–Crippen LogP) is 0.453. The van der Waals surface area contributed by atoms with Gasteiger partial charge < -0.3 is 10.6 Å². The van der Waals surface area contributed by atoms with Gasteiger partial charge in [-0.2, -0.15) is 0 Å². The maximum atomic E-state index is 12.7. The molecule has 0 aliphatic carbocycles. The van der Waals surface area contributed by atoms with Gasteiger partial charge in [-0.05, 0) is 39.4 Å². The summed E-state index contributed by atoms with van der Waals surface area (Å²) in [4.78, 5) is 4.75. The molecule has 0 aromatic carbocycles. The number of halogens is 1. The van der Waals surface area contributed by atoms with Crippen LogP contribution in [0.5, 0.6) is 0 Å². The lowest BCUT2D eigenvalue weighted by atomic mass is 10.0. The SMILES string of the molecule is CN1CCC(N2CCC(N)(CF)C2)CC1. The molecular formula is C11H22FN3. The zero-order valence-corrected chi connectivity index (χ0v) is 9.58. The maximum absolute atomic E-state index is 12.7. The molecule has 3 nitrogen and oxygen atoms in total. The number of hydrogen-bond donors (Lipinski definition) is 1. The van der Waals surface area contributed by atoms with E-state index in [-0.39, 0.29) is 6.67 Å². The molecule has 2 heterocycles. The van der Waals surface area contributed by atoms with Gasteiger partial charge in [0.15, 0.2) is 0 Å². The number of alkyl halides is 1. The number of hydrogen-bond acceptors (Lipinski definition) is 3. The highest BCUT2D eigenvalue weighted by atomic mass is 19.1. The summed E-state index contributed by atoms with van der Waals surface area (Å²) in [5.74, 6) is 0. The van der Waals surface area contributed by atoms with Crippen molar-refractivity contribution < 1.29 is 4.39 Å². The second-order valence-electron chi connectivity index (χ2n) is 5.25. The Morgan fingerprint density at radius 3 is 2.53 bits per heavy atom. The van der Waals surface area contributed by atoms with E-state index in [4.69, 9.17) is 5.73 Å². The van der Waals surface area contributed by atoms with Crippen LogP contribution < -0.4 is 5.73 Å². The smallest absolute Gasteiger partial charge is 0.109 e. The Morgan fingerprint density at radius 2 is 2.00 bits per heavy atom. The van der Waals surface area contributed by atoms with Crippen molar-refractivity contribution in [2.45, 2.75) is 30.8 Å². The van der Waals surface area contributed by atoms with Crippen molar-refractivity contribution in [3.63, 3.8) is 0 Å². The van der Waals surface area contributed by atoms with Crippen LogP contribution in [0.25, 0.3) is 0 Å².